The molecule has 10 heteroatoms. The molecule has 1 aromatic rings. The van der Waals surface area contributed by atoms with Crippen molar-refractivity contribution in [3.8, 4) is 6.07 Å². The van der Waals surface area contributed by atoms with Crippen LogP contribution in [0.3, 0.4) is 0 Å². The molecule has 1 saturated heterocycles. The zero-order chi connectivity index (χ0) is 21.8. The first-order valence-corrected chi connectivity index (χ1v) is 8.99. The van der Waals surface area contributed by atoms with Crippen molar-refractivity contribution in [1.82, 2.24) is 9.80 Å². The summed E-state index contributed by atoms with van der Waals surface area (Å²) < 4.78 is 31.7. The van der Waals surface area contributed by atoms with Crippen LogP contribution in [0.5, 0.6) is 0 Å². The summed E-state index contributed by atoms with van der Waals surface area (Å²) in [7, 11) is 3.59. The van der Waals surface area contributed by atoms with Crippen molar-refractivity contribution < 1.29 is 27.9 Å². The third-order valence-corrected chi connectivity index (χ3v) is 5.19. The average molecular weight is 412 g/mol. The lowest BCUT2D eigenvalue weighted by Gasteiger charge is -2.39. The van der Waals surface area contributed by atoms with Gasteiger partial charge in [0.05, 0.1) is 12.6 Å². The Kier molecular flexibility index (Phi) is 6.74. The van der Waals surface area contributed by atoms with Gasteiger partial charge >= 0.3 is 18.2 Å². The maximum atomic E-state index is 12.5. The number of carboxylic acid groups (broad SMARTS) is 1. The quantitative estimate of drug-likeness (QED) is 0.717. The fraction of sp³-hybridized carbons (Fsp3) is 0.526. The van der Waals surface area contributed by atoms with E-state index in [0.29, 0.717) is 6.54 Å². The number of para-hydroxylation sites is 1. The first-order valence-electron chi connectivity index (χ1n) is 8.99. The second-order valence-electron chi connectivity index (χ2n) is 7.30. The van der Waals surface area contributed by atoms with Crippen molar-refractivity contribution in [2.45, 2.75) is 24.4 Å². The standard InChI is InChI=1S/C17H22N4O.C2HF3O2/c1-19(2)16(22)21-13-17(14-5-3-4-6-15(14)21)7-10-20(11-8-17)12-9-18;3-2(4,5)1(6)7/h3-6H,7-8,10-13H2,1-2H3;(H,6,7). The summed E-state index contributed by atoms with van der Waals surface area (Å²) in [5.74, 6) is -2.76. The normalized spacial score (nSPS) is 17.7. The zero-order valence-electron chi connectivity index (χ0n) is 16.2. The van der Waals surface area contributed by atoms with Crippen LogP contribution >= 0.6 is 0 Å². The molecule has 1 N–H and O–H groups in total. The molecule has 2 heterocycles. The minimum Gasteiger partial charge on any atom is -0.475 e. The van der Waals surface area contributed by atoms with Gasteiger partial charge in [0.2, 0.25) is 0 Å². The first-order chi connectivity index (χ1) is 13.5. The number of alkyl halides is 3. The van der Waals surface area contributed by atoms with Crippen molar-refractivity contribution in [3.63, 3.8) is 0 Å². The predicted molar refractivity (Wildman–Crippen MR) is 99.5 cm³/mol. The summed E-state index contributed by atoms with van der Waals surface area (Å²) in [6, 6.07) is 10.6. The van der Waals surface area contributed by atoms with Gasteiger partial charge in [-0.1, -0.05) is 18.2 Å². The lowest BCUT2D eigenvalue weighted by atomic mass is 9.74. The Morgan fingerprint density at radius 2 is 1.79 bits per heavy atom. The number of urea groups is 1. The maximum absolute atomic E-state index is 12.5. The summed E-state index contributed by atoms with van der Waals surface area (Å²) >= 11 is 0. The number of carboxylic acids is 1. The number of rotatable bonds is 1. The molecule has 7 nitrogen and oxygen atoms in total. The van der Waals surface area contributed by atoms with Crippen LogP contribution in [0.2, 0.25) is 0 Å². The van der Waals surface area contributed by atoms with E-state index in [-0.39, 0.29) is 11.4 Å². The van der Waals surface area contributed by atoms with Crippen molar-refractivity contribution in [2.24, 2.45) is 0 Å². The van der Waals surface area contributed by atoms with E-state index in [4.69, 9.17) is 15.2 Å². The van der Waals surface area contributed by atoms with E-state index in [9.17, 15) is 18.0 Å². The number of hydrogen-bond acceptors (Lipinski definition) is 4. The molecule has 0 unspecified atom stereocenters. The van der Waals surface area contributed by atoms with Crippen LogP contribution in [0.1, 0.15) is 18.4 Å². The molecule has 158 valence electrons. The smallest absolute Gasteiger partial charge is 0.475 e. The van der Waals surface area contributed by atoms with Gasteiger partial charge in [0.25, 0.3) is 0 Å². The average Bonchev–Trinajstić information content (AvgIpc) is 2.97. The Labute approximate surface area is 166 Å². The van der Waals surface area contributed by atoms with Gasteiger partial charge in [-0.3, -0.25) is 9.80 Å². The predicted octanol–water partition coefficient (Wildman–Crippen LogP) is 2.68. The van der Waals surface area contributed by atoms with Gasteiger partial charge in [-0.05, 0) is 24.5 Å². The SMILES string of the molecule is CN(C)C(=O)N1CC2(CCN(CC#N)CC2)c2ccccc21.O=C(O)C(F)(F)F. The van der Waals surface area contributed by atoms with Gasteiger partial charge in [0.15, 0.2) is 0 Å². The first kappa shape index (κ1) is 22.5. The molecule has 2 aliphatic heterocycles. The van der Waals surface area contributed by atoms with Crippen LogP contribution in [-0.4, -0.2) is 73.4 Å². The highest BCUT2D eigenvalue weighted by Crippen LogP contribution is 2.47. The van der Waals surface area contributed by atoms with Crippen LogP contribution in [0.4, 0.5) is 23.7 Å². The molecule has 0 bridgehead atoms. The van der Waals surface area contributed by atoms with Crippen LogP contribution in [0.25, 0.3) is 0 Å². The van der Waals surface area contributed by atoms with Crippen LogP contribution < -0.4 is 4.90 Å². The molecular weight excluding hydrogens is 389 g/mol. The maximum Gasteiger partial charge on any atom is 0.490 e. The molecule has 2 amide bonds. The Morgan fingerprint density at radius 1 is 1.24 bits per heavy atom. The van der Waals surface area contributed by atoms with Crippen molar-refractivity contribution in [1.29, 1.82) is 5.26 Å². The highest BCUT2D eigenvalue weighted by Gasteiger charge is 2.46. The fourth-order valence-electron chi connectivity index (χ4n) is 3.71. The fourth-order valence-corrected chi connectivity index (χ4v) is 3.71. The molecule has 0 radical (unpaired) electrons. The van der Waals surface area contributed by atoms with Crippen molar-refractivity contribution in [3.05, 3.63) is 29.8 Å². The number of piperidine rings is 1. The monoisotopic (exact) mass is 412 g/mol. The van der Waals surface area contributed by atoms with Gasteiger partial charge in [-0.25, -0.2) is 9.59 Å². The summed E-state index contributed by atoms with van der Waals surface area (Å²) in [6.45, 7) is 3.10. The lowest BCUT2D eigenvalue weighted by Crippen LogP contribution is -2.47. The van der Waals surface area contributed by atoms with E-state index in [2.05, 4.69) is 23.1 Å². The number of carbonyl (C=O) groups excluding carboxylic acids is 1. The summed E-state index contributed by atoms with van der Waals surface area (Å²) in [6.07, 6.45) is -3.08. The number of fused-ring (bicyclic) bond motifs is 2. The van der Waals surface area contributed by atoms with Gasteiger partial charge in [-0.2, -0.15) is 18.4 Å². The third-order valence-electron chi connectivity index (χ3n) is 5.19. The highest BCUT2D eigenvalue weighted by atomic mass is 19.4. The van der Waals surface area contributed by atoms with Gasteiger partial charge < -0.3 is 10.0 Å². The topological polar surface area (TPSA) is 87.9 Å². The molecule has 2 aliphatic rings. The van der Waals surface area contributed by atoms with Gasteiger partial charge in [0, 0.05) is 44.8 Å². The number of nitrogens with zero attached hydrogens (tertiary/aromatic N) is 4. The number of carbonyl (C=O) groups is 2. The molecule has 0 atom stereocenters. The number of anilines is 1. The molecular formula is C19H23F3N4O3. The molecule has 0 aliphatic carbocycles. The van der Waals surface area contributed by atoms with Gasteiger partial charge in [0.1, 0.15) is 0 Å². The van der Waals surface area contributed by atoms with Crippen LogP contribution in [0.15, 0.2) is 24.3 Å². The van der Waals surface area contributed by atoms with E-state index >= 15 is 0 Å². The molecule has 1 spiro atoms. The molecule has 3 rings (SSSR count). The lowest BCUT2D eigenvalue weighted by molar-refractivity contribution is -0.192. The number of nitriles is 1. The molecule has 1 aromatic carbocycles. The van der Waals surface area contributed by atoms with E-state index in [1.807, 2.05) is 17.0 Å². The number of hydrogen-bond donors (Lipinski definition) is 1. The molecule has 29 heavy (non-hydrogen) atoms. The Bertz CT molecular complexity index is 797. The van der Waals surface area contributed by atoms with E-state index in [0.717, 1.165) is 38.2 Å². The zero-order valence-corrected chi connectivity index (χ0v) is 16.2. The van der Waals surface area contributed by atoms with E-state index in [1.165, 1.54) is 5.56 Å². The summed E-state index contributed by atoms with van der Waals surface area (Å²) in [5, 5.41) is 16.0. The summed E-state index contributed by atoms with van der Waals surface area (Å²) in [4.78, 5) is 27.1. The number of halogens is 3. The minimum atomic E-state index is -5.08. The van der Waals surface area contributed by atoms with Crippen LogP contribution in [-0.2, 0) is 10.2 Å². The third kappa shape index (κ3) is 4.98. The summed E-state index contributed by atoms with van der Waals surface area (Å²) in [5.41, 5.74) is 2.39. The Hall–Kier alpha value is -2.80. The van der Waals surface area contributed by atoms with Gasteiger partial charge in [-0.15, -0.1) is 0 Å². The number of aliphatic carboxylic acids is 1. The number of likely N-dealkylation sites (tertiary alicyclic amines) is 1. The van der Waals surface area contributed by atoms with Crippen molar-refractivity contribution >= 4 is 17.7 Å². The largest absolute Gasteiger partial charge is 0.490 e. The van der Waals surface area contributed by atoms with Crippen LogP contribution in [0, 0.1) is 11.3 Å². The Balaban J connectivity index is 0.000000370. The Morgan fingerprint density at radius 3 is 2.28 bits per heavy atom. The van der Waals surface area contributed by atoms with E-state index < -0.39 is 12.1 Å². The second kappa shape index (κ2) is 8.69. The number of amides is 2. The van der Waals surface area contributed by atoms with Crippen molar-refractivity contribution in [2.75, 3.05) is 45.2 Å². The highest BCUT2D eigenvalue weighted by molar-refractivity contribution is 5.95. The minimum absolute atomic E-state index is 0.0452. The molecule has 0 aromatic heterocycles. The number of benzene rings is 1. The molecule has 1 fully saturated rings. The molecule has 0 saturated carbocycles. The van der Waals surface area contributed by atoms with E-state index in [1.54, 1.807) is 19.0 Å². The second-order valence-corrected chi connectivity index (χ2v) is 7.30.